The van der Waals surface area contributed by atoms with Gasteiger partial charge in [-0.05, 0) is 42.0 Å². The lowest BCUT2D eigenvalue weighted by Crippen LogP contribution is -2.10. The topological polar surface area (TPSA) is 83.7 Å². The number of aromatic nitrogens is 1. The van der Waals surface area contributed by atoms with E-state index in [1.165, 1.54) is 0 Å². The van der Waals surface area contributed by atoms with E-state index in [1.54, 1.807) is 43.6 Å². The molecule has 0 atom stereocenters. The molecule has 0 aliphatic rings. The van der Waals surface area contributed by atoms with Crippen LogP contribution < -0.4 is 19.9 Å². The lowest BCUT2D eigenvalue weighted by Gasteiger charge is -2.14. The highest BCUT2D eigenvalue weighted by Gasteiger charge is 2.12. The van der Waals surface area contributed by atoms with E-state index < -0.39 is 5.91 Å². The first kappa shape index (κ1) is 19.3. The number of carbonyl (C=O) groups excluding carboxylic acids is 1. The van der Waals surface area contributed by atoms with Crippen LogP contribution in [0.2, 0.25) is 0 Å². The number of benzene rings is 3. The third kappa shape index (κ3) is 4.17. The molecule has 0 aliphatic heterocycles. The van der Waals surface area contributed by atoms with Crippen molar-refractivity contribution in [1.82, 2.24) is 4.98 Å². The number of nitrogens with two attached hydrogens (primary N) is 1. The van der Waals surface area contributed by atoms with E-state index in [1.807, 2.05) is 42.5 Å². The van der Waals surface area contributed by atoms with Gasteiger partial charge in [-0.3, -0.25) is 9.78 Å². The second-order valence-electron chi connectivity index (χ2n) is 6.59. The minimum atomic E-state index is -0.483. The fraction of sp³-hybridized carbons (Fsp3) is 0.0833. The standard InChI is InChI=1S/C24H20N2O4/c1-28-22-13-19-20(14-23(22)29-15-16-5-3-2-4-6-16)26-12-11-21(19)30-18-9-7-17(8-10-18)24(25)27/h2-14H,15H2,1H3,(H2,25,27). The molecule has 6 nitrogen and oxygen atoms in total. The van der Waals surface area contributed by atoms with Crippen molar-refractivity contribution < 1.29 is 19.0 Å². The van der Waals surface area contributed by atoms with Crippen molar-refractivity contribution in [2.24, 2.45) is 5.73 Å². The predicted octanol–water partition coefficient (Wildman–Crippen LogP) is 4.71. The monoisotopic (exact) mass is 400 g/mol. The lowest BCUT2D eigenvalue weighted by molar-refractivity contribution is 0.100. The number of rotatable bonds is 7. The maximum atomic E-state index is 11.2. The average molecular weight is 400 g/mol. The van der Waals surface area contributed by atoms with Crippen molar-refractivity contribution in [2.45, 2.75) is 6.61 Å². The summed E-state index contributed by atoms with van der Waals surface area (Å²) in [5, 5.41) is 0.778. The second-order valence-corrected chi connectivity index (χ2v) is 6.59. The van der Waals surface area contributed by atoms with Crippen molar-refractivity contribution in [1.29, 1.82) is 0 Å². The Balaban J connectivity index is 1.63. The van der Waals surface area contributed by atoms with Gasteiger partial charge in [-0.2, -0.15) is 0 Å². The molecule has 4 rings (SSSR count). The van der Waals surface area contributed by atoms with E-state index >= 15 is 0 Å². The van der Waals surface area contributed by atoms with Crippen LogP contribution in [0.4, 0.5) is 0 Å². The van der Waals surface area contributed by atoms with Crippen molar-refractivity contribution in [2.75, 3.05) is 7.11 Å². The first-order valence-corrected chi connectivity index (χ1v) is 9.35. The van der Waals surface area contributed by atoms with Crippen LogP contribution in [0, 0.1) is 0 Å². The van der Waals surface area contributed by atoms with E-state index in [0.29, 0.717) is 40.7 Å². The van der Waals surface area contributed by atoms with Crippen LogP contribution in [0.25, 0.3) is 10.9 Å². The highest BCUT2D eigenvalue weighted by molar-refractivity contribution is 5.93. The van der Waals surface area contributed by atoms with E-state index in [4.69, 9.17) is 19.9 Å². The molecule has 0 radical (unpaired) electrons. The highest BCUT2D eigenvalue weighted by Crippen LogP contribution is 2.37. The molecule has 0 fully saturated rings. The van der Waals surface area contributed by atoms with Gasteiger partial charge >= 0.3 is 0 Å². The Morgan fingerprint density at radius 1 is 0.933 bits per heavy atom. The first-order valence-electron chi connectivity index (χ1n) is 9.35. The van der Waals surface area contributed by atoms with Gasteiger partial charge in [0.25, 0.3) is 0 Å². The number of nitrogens with zero attached hydrogens (tertiary/aromatic N) is 1. The zero-order valence-electron chi connectivity index (χ0n) is 16.4. The Kier molecular flexibility index (Phi) is 5.48. The van der Waals surface area contributed by atoms with Crippen LogP contribution in [0.15, 0.2) is 79.0 Å². The summed E-state index contributed by atoms with van der Waals surface area (Å²) in [5.41, 5.74) is 7.48. The number of ether oxygens (including phenoxy) is 3. The smallest absolute Gasteiger partial charge is 0.248 e. The normalized spacial score (nSPS) is 10.6. The van der Waals surface area contributed by atoms with Gasteiger partial charge in [-0.15, -0.1) is 0 Å². The van der Waals surface area contributed by atoms with Gasteiger partial charge in [-0.1, -0.05) is 30.3 Å². The fourth-order valence-electron chi connectivity index (χ4n) is 3.04. The Hall–Kier alpha value is -4.06. The van der Waals surface area contributed by atoms with Crippen molar-refractivity contribution in [3.63, 3.8) is 0 Å². The molecule has 0 aliphatic carbocycles. The summed E-state index contributed by atoms with van der Waals surface area (Å²) in [7, 11) is 1.59. The summed E-state index contributed by atoms with van der Waals surface area (Å²) in [6.45, 7) is 0.422. The lowest BCUT2D eigenvalue weighted by atomic mass is 10.1. The molecule has 30 heavy (non-hydrogen) atoms. The van der Waals surface area contributed by atoms with Gasteiger partial charge < -0.3 is 19.9 Å². The summed E-state index contributed by atoms with van der Waals surface area (Å²) in [6, 6.07) is 22.0. The molecule has 6 heteroatoms. The molecule has 0 spiro atoms. The molecule has 1 amide bonds. The number of methoxy groups -OCH3 is 1. The molecule has 4 aromatic rings. The Labute approximate surface area is 173 Å². The first-order chi connectivity index (χ1) is 14.6. The fourth-order valence-corrected chi connectivity index (χ4v) is 3.04. The number of primary amides is 1. The summed E-state index contributed by atoms with van der Waals surface area (Å²) in [4.78, 5) is 15.7. The largest absolute Gasteiger partial charge is 0.493 e. The Morgan fingerprint density at radius 2 is 1.70 bits per heavy atom. The number of hydrogen-bond acceptors (Lipinski definition) is 5. The van der Waals surface area contributed by atoms with Gasteiger partial charge in [0.1, 0.15) is 18.1 Å². The zero-order chi connectivity index (χ0) is 20.9. The molecule has 1 heterocycles. The Morgan fingerprint density at radius 3 is 2.40 bits per heavy atom. The summed E-state index contributed by atoms with van der Waals surface area (Å²) >= 11 is 0. The van der Waals surface area contributed by atoms with Gasteiger partial charge in [-0.25, -0.2) is 0 Å². The SMILES string of the molecule is COc1cc2c(Oc3ccc(C(N)=O)cc3)ccnc2cc1OCc1ccccc1. The summed E-state index contributed by atoms with van der Waals surface area (Å²) in [6.07, 6.45) is 1.67. The minimum Gasteiger partial charge on any atom is -0.493 e. The van der Waals surface area contributed by atoms with Crippen LogP contribution in [0.5, 0.6) is 23.0 Å². The van der Waals surface area contributed by atoms with Crippen LogP contribution in [0.3, 0.4) is 0 Å². The van der Waals surface area contributed by atoms with E-state index in [-0.39, 0.29) is 0 Å². The van der Waals surface area contributed by atoms with Crippen molar-refractivity contribution >= 4 is 16.8 Å². The molecular formula is C24H20N2O4. The van der Waals surface area contributed by atoms with Crippen molar-refractivity contribution in [3.05, 3.63) is 90.1 Å². The molecular weight excluding hydrogens is 380 g/mol. The predicted molar refractivity (Wildman–Crippen MR) is 114 cm³/mol. The average Bonchev–Trinajstić information content (AvgIpc) is 2.78. The van der Waals surface area contributed by atoms with Crippen LogP contribution in [-0.2, 0) is 6.61 Å². The van der Waals surface area contributed by atoms with Gasteiger partial charge in [0.05, 0.1) is 12.6 Å². The van der Waals surface area contributed by atoms with Gasteiger partial charge in [0, 0.05) is 23.2 Å². The summed E-state index contributed by atoms with van der Waals surface area (Å²) < 4.78 is 17.5. The number of hydrogen-bond donors (Lipinski definition) is 1. The minimum absolute atomic E-state index is 0.420. The summed E-state index contributed by atoms with van der Waals surface area (Å²) in [5.74, 6) is 1.89. The molecule has 0 unspecified atom stereocenters. The molecule has 0 saturated heterocycles. The quantitative estimate of drug-likeness (QED) is 0.486. The van der Waals surface area contributed by atoms with Crippen molar-refractivity contribution in [3.8, 4) is 23.0 Å². The van der Waals surface area contributed by atoms with Gasteiger partial charge in [0.2, 0.25) is 5.91 Å². The maximum Gasteiger partial charge on any atom is 0.248 e. The molecule has 0 saturated carbocycles. The number of pyridine rings is 1. The molecule has 0 bridgehead atoms. The zero-order valence-corrected chi connectivity index (χ0v) is 16.4. The van der Waals surface area contributed by atoms with Crippen LogP contribution >= 0.6 is 0 Å². The maximum absolute atomic E-state index is 11.2. The number of carbonyl (C=O) groups is 1. The van der Waals surface area contributed by atoms with E-state index in [9.17, 15) is 4.79 Å². The Bertz CT molecular complexity index is 1180. The number of fused-ring (bicyclic) bond motifs is 1. The molecule has 1 aromatic heterocycles. The van der Waals surface area contributed by atoms with Gasteiger partial charge in [0.15, 0.2) is 11.5 Å². The van der Waals surface area contributed by atoms with Crippen LogP contribution in [-0.4, -0.2) is 18.0 Å². The van der Waals surface area contributed by atoms with E-state index in [2.05, 4.69) is 4.98 Å². The molecule has 150 valence electrons. The van der Waals surface area contributed by atoms with Crippen LogP contribution in [0.1, 0.15) is 15.9 Å². The van der Waals surface area contributed by atoms with E-state index in [0.717, 1.165) is 10.9 Å². The highest BCUT2D eigenvalue weighted by atomic mass is 16.5. The third-order valence-corrected chi connectivity index (χ3v) is 4.59. The second kappa shape index (κ2) is 8.53. The molecule has 3 aromatic carbocycles. The third-order valence-electron chi connectivity index (χ3n) is 4.59. The molecule has 2 N–H and O–H groups in total. The number of amides is 1.